The lowest BCUT2D eigenvalue weighted by molar-refractivity contribution is 0.620. The second kappa shape index (κ2) is 6.10. The monoisotopic (exact) mass is 359 g/mol. The van der Waals surface area contributed by atoms with Gasteiger partial charge in [0.1, 0.15) is 11.6 Å². The highest BCUT2D eigenvalue weighted by atomic mass is 79.9. The first-order valence-electron chi connectivity index (χ1n) is 6.05. The zero-order chi connectivity index (χ0) is 14.9. The Bertz CT molecular complexity index is 646. The van der Waals surface area contributed by atoms with Crippen molar-refractivity contribution in [3.05, 3.63) is 62.6 Å². The van der Waals surface area contributed by atoms with E-state index in [1.54, 1.807) is 12.1 Å². The van der Waals surface area contributed by atoms with Crippen LogP contribution in [-0.4, -0.2) is 0 Å². The molecule has 0 aromatic heterocycles. The van der Waals surface area contributed by atoms with Crippen LogP contribution in [0, 0.1) is 18.6 Å². The minimum absolute atomic E-state index is 0.0988. The summed E-state index contributed by atoms with van der Waals surface area (Å²) in [5, 5.41) is 3.33. The molecule has 0 aliphatic rings. The van der Waals surface area contributed by atoms with Crippen molar-refractivity contribution < 1.29 is 8.78 Å². The normalized spacial score (nSPS) is 12.3. The van der Waals surface area contributed by atoms with E-state index in [1.807, 2.05) is 13.8 Å². The molecule has 1 unspecified atom stereocenters. The van der Waals surface area contributed by atoms with Crippen LogP contribution in [0.1, 0.15) is 24.1 Å². The molecule has 0 spiro atoms. The molecule has 5 heteroatoms. The lowest BCUT2D eigenvalue weighted by Crippen LogP contribution is -2.08. The minimum Gasteiger partial charge on any atom is -0.378 e. The third-order valence-electron chi connectivity index (χ3n) is 3.08. The molecule has 1 atom stereocenters. The molecule has 1 nitrogen and oxygen atoms in total. The van der Waals surface area contributed by atoms with Crippen molar-refractivity contribution in [2.45, 2.75) is 19.9 Å². The number of benzene rings is 2. The van der Waals surface area contributed by atoms with Gasteiger partial charge in [0, 0.05) is 11.7 Å². The van der Waals surface area contributed by atoms with Gasteiger partial charge in [-0.15, -0.1) is 0 Å². The van der Waals surface area contributed by atoms with Crippen molar-refractivity contribution in [1.82, 2.24) is 0 Å². The molecule has 2 aromatic rings. The second-order valence-corrected chi connectivity index (χ2v) is 5.88. The van der Waals surface area contributed by atoms with Crippen LogP contribution in [0.25, 0.3) is 0 Å². The van der Waals surface area contributed by atoms with E-state index in [2.05, 4.69) is 21.2 Å². The summed E-state index contributed by atoms with van der Waals surface area (Å²) in [6.07, 6.45) is 0. The summed E-state index contributed by atoms with van der Waals surface area (Å²) in [7, 11) is 0. The first kappa shape index (κ1) is 15.3. The van der Waals surface area contributed by atoms with Crippen LogP contribution < -0.4 is 5.32 Å². The van der Waals surface area contributed by atoms with E-state index in [0.29, 0.717) is 4.47 Å². The van der Waals surface area contributed by atoms with Crippen LogP contribution in [0.5, 0.6) is 0 Å². The zero-order valence-electron chi connectivity index (χ0n) is 11.0. The molecule has 20 heavy (non-hydrogen) atoms. The lowest BCUT2D eigenvalue weighted by atomic mass is 10.1. The number of halogens is 4. The highest BCUT2D eigenvalue weighted by molar-refractivity contribution is 9.10. The maximum Gasteiger partial charge on any atom is 0.142 e. The summed E-state index contributed by atoms with van der Waals surface area (Å²) in [5.74, 6) is -0.756. The highest BCUT2D eigenvalue weighted by Gasteiger charge is 2.11. The van der Waals surface area contributed by atoms with Crippen LogP contribution >= 0.6 is 27.5 Å². The number of rotatable bonds is 3. The van der Waals surface area contributed by atoms with E-state index >= 15 is 0 Å². The molecule has 0 aliphatic carbocycles. The first-order valence-corrected chi connectivity index (χ1v) is 7.22. The average Bonchev–Trinajstić information content (AvgIpc) is 2.39. The van der Waals surface area contributed by atoms with Crippen LogP contribution in [0.4, 0.5) is 14.5 Å². The number of hydrogen-bond donors (Lipinski definition) is 1. The molecule has 1 N–H and O–H groups in total. The van der Waals surface area contributed by atoms with Crippen molar-refractivity contribution in [2.75, 3.05) is 5.32 Å². The Balaban J connectivity index is 2.25. The molecule has 0 heterocycles. The number of aryl methyl sites for hydroxylation is 1. The van der Waals surface area contributed by atoms with E-state index in [-0.39, 0.29) is 16.9 Å². The van der Waals surface area contributed by atoms with Crippen LogP contribution in [0.2, 0.25) is 5.02 Å². The molecule has 0 bridgehead atoms. The van der Waals surface area contributed by atoms with Gasteiger partial charge < -0.3 is 5.32 Å². The van der Waals surface area contributed by atoms with Gasteiger partial charge in [0.15, 0.2) is 0 Å². The molecule has 2 aromatic carbocycles. The molecule has 106 valence electrons. The standard InChI is InChI=1S/C15H13BrClF2N/c1-8-5-13(18)11(16)7-15(8)20-9(2)10-3-4-12(17)14(19)6-10/h3-7,9,20H,1-2H3. The maximum atomic E-state index is 13.5. The topological polar surface area (TPSA) is 12.0 Å². The number of hydrogen-bond acceptors (Lipinski definition) is 1. The predicted octanol–water partition coefficient (Wildman–Crippen LogP) is 5.86. The van der Waals surface area contributed by atoms with Gasteiger partial charge in [0.05, 0.1) is 9.50 Å². The van der Waals surface area contributed by atoms with Crippen molar-refractivity contribution in [3.8, 4) is 0 Å². The van der Waals surface area contributed by atoms with E-state index < -0.39 is 5.82 Å². The summed E-state index contributed by atoms with van der Waals surface area (Å²) in [4.78, 5) is 0. The van der Waals surface area contributed by atoms with Gasteiger partial charge in [-0.3, -0.25) is 0 Å². The zero-order valence-corrected chi connectivity index (χ0v) is 13.3. The SMILES string of the molecule is Cc1cc(F)c(Br)cc1NC(C)c1ccc(Cl)c(F)c1. The van der Waals surface area contributed by atoms with Crippen LogP contribution in [0.3, 0.4) is 0 Å². The largest absolute Gasteiger partial charge is 0.378 e. The molecule has 0 saturated carbocycles. The fourth-order valence-corrected chi connectivity index (χ4v) is 2.36. The van der Waals surface area contributed by atoms with E-state index in [9.17, 15) is 8.78 Å². The molecule has 0 fully saturated rings. The first-order chi connectivity index (χ1) is 9.38. The molecule has 0 amide bonds. The van der Waals surface area contributed by atoms with E-state index in [0.717, 1.165) is 16.8 Å². The fraction of sp³-hybridized carbons (Fsp3) is 0.200. The van der Waals surface area contributed by atoms with E-state index in [1.165, 1.54) is 18.2 Å². The lowest BCUT2D eigenvalue weighted by Gasteiger charge is -2.18. The van der Waals surface area contributed by atoms with Crippen molar-refractivity contribution >= 4 is 33.2 Å². The molecular weight excluding hydrogens is 348 g/mol. The molecule has 2 rings (SSSR count). The van der Waals surface area contributed by atoms with Crippen LogP contribution in [-0.2, 0) is 0 Å². The summed E-state index contributed by atoms with van der Waals surface area (Å²) in [6, 6.07) is 7.68. The molecule has 0 radical (unpaired) electrons. The predicted molar refractivity (Wildman–Crippen MR) is 82.3 cm³/mol. The number of anilines is 1. The van der Waals surface area contributed by atoms with Gasteiger partial charge in [-0.1, -0.05) is 17.7 Å². The quantitative estimate of drug-likeness (QED) is 0.722. The third kappa shape index (κ3) is 3.30. The second-order valence-electron chi connectivity index (χ2n) is 4.62. The highest BCUT2D eigenvalue weighted by Crippen LogP contribution is 2.28. The Kier molecular flexibility index (Phi) is 4.66. The van der Waals surface area contributed by atoms with Crippen LogP contribution in [0.15, 0.2) is 34.8 Å². The molecular formula is C15H13BrClF2N. The Morgan fingerprint density at radius 1 is 1.15 bits per heavy atom. The van der Waals surface area contributed by atoms with Gasteiger partial charge in [0.2, 0.25) is 0 Å². The Hall–Kier alpha value is -1.13. The molecule has 0 saturated heterocycles. The van der Waals surface area contributed by atoms with Crippen molar-refractivity contribution in [2.24, 2.45) is 0 Å². The minimum atomic E-state index is -0.449. The fourth-order valence-electron chi connectivity index (χ4n) is 1.90. The van der Waals surface area contributed by atoms with Gasteiger partial charge in [0.25, 0.3) is 0 Å². The summed E-state index contributed by atoms with van der Waals surface area (Å²) >= 11 is 8.82. The van der Waals surface area contributed by atoms with Crippen molar-refractivity contribution in [1.29, 1.82) is 0 Å². The summed E-state index contributed by atoms with van der Waals surface area (Å²) in [6.45, 7) is 3.71. The Morgan fingerprint density at radius 3 is 2.50 bits per heavy atom. The maximum absolute atomic E-state index is 13.5. The summed E-state index contributed by atoms with van der Waals surface area (Å²) < 4.78 is 27.2. The smallest absolute Gasteiger partial charge is 0.142 e. The average molecular weight is 361 g/mol. The van der Waals surface area contributed by atoms with Gasteiger partial charge in [-0.25, -0.2) is 8.78 Å². The Morgan fingerprint density at radius 2 is 1.85 bits per heavy atom. The summed E-state index contributed by atoms with van der Waals surface area (Å²) in [5.41, 5.74) is 2.35. The number of nitrogens with one attached hydrogen (secondary N) is 1. The Labute approximate surface area is 130 Å². The van der Waals surface area contributed by atoms with Gasteiger partial charge in [-0.05, 0) is 65.2 Å². The van der Waals surface area contributed by atoms with Crippen molar-refractivity contribution in [3.63, 3.8) is 0 Å². The van der Waals surface area contributed by atoms with E-state index in [4.69, 9.17) is 11.6 Å². The van der Waals surface area contributed by atoms with Gasteiger partial charge >= 0.3 is 0 Å². The third-order valence-corrected chi connectivity index (χ3v) is 4.00. The molecule has 0 aliphatic heterocycles. The van der Waals surface area contributed by atoms with Gasteiger partial charge in [-0.2, -0.15) is 0 Å².